The lowest BCUT2D eigenvalue weighted by molar-refractivity contribution is -0.156. The molecule has 0 radical (unpaired) electrons. The van der Waals surface area contributed by atoms with Crippen molar-refractivity contribution in [1.82, 2.24) is 41.3 Å². The molecular formula is C59H65N11O22. The van der Waals surface area contributed by atoms with Crippen molar-refractivity contribution in [2.24, 2.45) is 0 Å². The number of nitrogens with zero attached hydrogens (tertiary/aromatic N) is 3. The Morgan fingerprint density at radius 2 is 0.804 bits per heavy atom. The Hall–Kier alpha value is -10.8. The van der Waals surface area contributed by atoms with Gasteiger partial charge in [-0.25, -0.2) is 0 Å². The van der Waals surface area contributed by atoms with Crippen LogP contribution in [0.1, 0.15) is 134 Å². The SMILES string of the molecule is CC(C)(C)OC(=O)CCOCCNC(=O)CNc1cccc2c1C(=O)N(C1CCC(=O)NC1=O)C2=O.O=C(O)CCOCCNC(=O)CNc1cccc2c1C(=O)N(C1CCC(=O)NC1=O)C2=O.O=C(O)CNc1cccc2c1C(=O)N(C1CCC(=O)NC1=O)C2=O. The summed E-state index contributed by atoms with van der Waals surface area (Å²) in [4.78, 5) is 207. The summed E-state index contributed by atoms with van der Waals surface area (Å²) in [5.41, 5.74) is 0.699. The minimum atomic E-state index is -1.12. The first-order valence-corrected chi connectivity index (χ1v) is 28.8. The Bertz CT molecular complexity index is 3560. The van der Waals surface area contributed by atoms with Crippen molar-refractivity contribution < 1.29 is 106 Å². The van der Waals surface area contributed by atoms with Crippen LogP contribution in [-0.2, 0) is 67.0 Å². The Balaban J connectivity index is 0.000000199. The number of nitrogens with one attached hydrogen (secondary N) is 8. The van der Waals surface area contributed by atoms with Crippen molar-refractivity contribution in [2.75, 3.05) is 75.1 Å². The summed E-state index contributed by atoms with van der Waals surface area (Å²) in [6.07, 6.45) is 0.236. The van der Waals surface area contributed by atoms with E-state index in [0.717, 1.165) is 14.7 Å². The van der Waals surface area contributed by atoms with Crippen molar-refractivity contribution in [3.05, 3.63) is 88.0 Å². The molecule has 488 valence electrons. The molecule has 0 spiro atoms. The fraction of sp³-hybridized carbons (Fsp3) is 0.407. The number of carbonyl (C=O) groups excluding carboxylic acids is 15. The van der Waals surface area contributed by atoms with Crippen LogP contribution in [0.15, 0.2) is 54.6 Å². The summed E-state index contributed by atoms with van der Waals surface area (Å²) in [6.45, 7) is 5.49. The van der Waals surface area contributed by atoms with Crippen LogP contribution in [-0.4, -0.2) is 208 Å². The molecule has 3 aromatic carbocycles. The van der Waals surface area contributed by atoms with Crippen LogP contribution in [0.4, 0.5) is 17.1 Å². The number of benzene rings is 3. The molecule has 10 N–H and O–H groups in total. The third-order valence-electron chi connectivity index (χ3n) is 14.2. The largest absolute Gasteiger partial charge is 0.481 e. The van der Waals surface area contributed by atoms with Crippen LogP contribution in [0.3, 0.4) is 0 Å². The minimum Gasteiger partial charge on any atom is -0.481 e. The number of imide groups is 6. The van der Waals surface area contributed by atoms with E-state index >= 15 is 0 Å². The summed E-state index contributed by atoms with van der Waals surface area (Å²) < 4.78 is 15.6. The van der Waals surface area contributed by atoms with Gasteiger partial charge in [0.15, 0.2) is 0 Å². The smallest absolute Gasteiger partial charge is 0.322 e. The molecule has 0 aliphatic carbocycles. The van der Waals surface area contributed by atoms with Crippen molar-refractivity contribution >= 4 is 118 Å². The average molecular weight is 1280 g/mol. The lowest BCUT2D eigenvalue weighted by atomic mass is 10.0. The highest BCUT2D eigenvalue weighted by molar-refractivity contribution is 6.28. The van der Waals surface area contributed by atoms with Crippen molar-refractivity contribution in [3.8, 4) is 0 Å². The highest BCUT2D eigenvalue weighted by Crippen LogP contribution is 2.35. The number of hydrogen-bond donors (Lipinski definition) is 10. The molecule has 3 unspecified atom stereocenters. The monoisotopic (exact) mass is 1280 g/mol. The molecule has 33 nitrogen and oxygen atoms in total. The zero-order valence-corrected chi connectivity index (χ0v) is 49.9. The van der Waals surface area contributed by atoms with Gasteiger partial charge in [-0.2, -0.15) is 0 Å². The predicted octanol–water partition coefficient (Wildman–Crippen LogP) is -0.944. The highest BCUT2D eigenvalue weighted by Gasteiger charge is 2.48. The van der Waals surface area contributed by atoms with Gasteiger partial charge >= 0.3 is 17.9 Å². The van der Waals surface area contributed by atoms with E-state index in [9.17, 15) is 81.5 Å². The third-order valence-corrected chi connectivity index (χ3v) is 14.2. The molecule has 3 fully saturated rings. The van der Waals surface area contributed by atoms with Gasteiger partial charge in [-0.1, -0.05) is 18.2 Å². The number of anilines is 3. The fourth-order valence-electron chi connectivity index (χ4n) is 10.1. The average Bonchev–Trinajstić information content (AvgIpc) is 1.63. The molecule has 6 aliphatic rings. The second-order valence-electron chi connectivity index (χ2n) is 21.9. The third kappa shape index (κ3) is 17.1. The van der Waals surface area contributed by atoms with Crippen molar-refractivity contribution in [1.29, 1.82) is 0 Å². The number of carbonyl (C=O) groups is 17. The van der Waals surface area contributed by atoms with E-state index in [4.69, 9.17) is 24.4 Å². The number of esters is 1. The Kier molecular flexibility index (Phi) is 22.8. The maximum absolute atomic E-state index is 13.0. The molecule has 0 saturated carbocycles. The first kappa shape index (κ1) is 68.7. The van der Waals surface area contributed by atoms with Crippen molar-refractivity contribution in [2.45, 2.75) is 95.9 Å². The number of hydrogen-bond acceptors (Lipinski definition) is 23. The molecular weight excluding hydrogens is 1210 g/mol. The maximum Gasteiger partial charge on any atom is 0.322 e. The van der Waals surface area contributed by atoms with Gasteiger partial charge in [-0.05, 0) is 76.4 Å². The Morgan fingerprint density at radius 1 is 0.467 bits per heavy atom. The number of carboxylic acid groups (broad SMARTS) is 2. The van der Waals surface area contributed by atoms with Crippen LogP contribution < -0.4 is 42.5 Å². The van der Waals surface area contributed by atoms with E-state index in [1.807, 2.05) is 0 Å². The van der Waals surface area contributed by atoms with Gasteiger partial charge < -0.3 is 51.0 Å². The van der Waals surface area contributed by atoms with Crippen molar-refractivity contribution in [3.63, 3.8) is 0 Å². The number of amides is 14. The van der Waals surface area contributed by atoms with Gasteiger partial charge in [-0.3, -0.25) is 112 Å². The zero-order chi connectivity index (χ0) is 67.1. The molecule has 3 aromatic rings. The second-order valence-corrected chi connectivity index (χ2v) is 21.9. The molecule has 6 heterocycles. The summed E-state index contributed by atoms with van der Waals surface area (Å²) in [5.74, 6) is -10.6. The molecule has 9 rings (SSSR count). The quantitative estimate of drug-likeness (QED) is 0.0294. The Labute approximate surface area is 522 Å². The number of aliphatic carboxylic acids is 2. The number of ether oxygens (including phenoxy) is 3. The molecule has 14 amide bonds. The van der Waals surface area contributed by atoms with Gasteiger partial charge in [0.2, 0.25) is 47.3 Å². The lowest BCUT2D eigenvalue weighted by Gasteiger charge is -2.27. The molecule has 92 heavy (non-hydrogen) atoms. The minimum absolute atomic E-state index is 0.0229. The van der Waals surface area contributed by atoms with Gasteiger partial charge in [0.1, 0.15) is 30.3 Å². The predicted molar refractivity (Wildman–Crippen MR) is 313 cm³/mol. The number of fused-ring (bicyclic) bond motifs is 3. The summed E-state index contributed by atoms with van der Waals surface area (Å²) >= 11 is 0. The van der Waals surface area contributed by atoms with E-state index in [2.05, 4.69) is 42.5 Å². The molecule has 33 heteroatoms. The molecule has 0 bridgehead atoms. The van der Waals surface area contributed by atoms with Crippen LogP contribution in [0.25, 0.3) is 0 Å². The maximum atomic E-state index is 13.0. The van der Waals surface area contributed by atoms with E-state index < -0.39 is 119 Å². The second kappa shape index (κ2) is 30.6. The fourth-order valence-corrected chi connectivity index (χ4v) is 10.1. The zero-order valence-electron chi connectivity index (χ0n) is 49.9. The Morgan fingerprint density at radius 3 is 1.12 bits per heavy atom. The van der Waals surface area contributed by atoms with Crippen LogP contribution in [0, 0.1) is 0 Å². The van der Waals surface area contributed by atoms with E-state index in [1.54, 1.807) is 45.0 Å². The molecule has 0 aromatic heterocycles. The first-order chi connectivity index (χ1) is 43.7. The lowest BCUT2D eigenvalue weighted by Crippen LogP contribution is -2.54. The van der Waals surface area contributed by atoms with Gasteiger partial charge in [0.25, 0.3) is 35.4 Å². The number of carboxylic acids is 2. The molecule has 3 saturated heterocycles. The summed E-state index contributed by atoms with van der Waals surface area (Å²) in [6, 6.07) is 10.4. The van der Waals surface area contributed by atoms with Crippen LogP contribution in [0.2, 0.25) is 0 Å². The molecule has 6 aliphatic heterocycles. The number of piperidine rings is 3. The van der Waals surface area contributed by atoms with Crippen LogP contribution >= 0.6 is 0 Å². The van der Waals surface area contributed by atoms with Gasteiger partial charge in [0, 0.05) is 49.4 Å². The van der Waals surface area contributed by atoms with E-state index in [0.29, 0.717) is 0 Å². The standard InChI is InChI=1S/C24H30N4O8.C20H22N4O8.C15H13N3O6/c1-24(2,3)36-19(31)9-11-35-12-10-25-18(30)13-26-15-6-4-5-14-20(15)23(34)28(22(14)33)16-7-8-17(29)27-21(16)32;25-14-5-4-13(18(29)23-14)24-19(30)11-2-1-3-12(17(11)20(24)31)22-10-15(26)21-7-9-32-8-6-16(27)28;19-10-5-4-9(13(22)17-10)18-14(23)7-2-1-3-8(12(7)15(18)24)16-6-11(20)21/h4-6,16,26H,7-13H2,1-3H3,(H,25,30)(H,27,29,32);1-3,13,22H,4-10H2,(H,21,26)(H,27,28)(H,23,25,29);1-3,9,16H,4-6H2,(H,20,21)(H,17,19,22). The molecule has 3 atom stereocenters. The van der Waals surface area contributed by atoms with E-state index in [1.165, 1.54) is 30.3 Å². The summed E-state index contributed by atoms with van der Waals surface area (Å²) in [5, 5.41) is 37.1. The van der Waals surface area contributed by atoms with Crippen LogP contribution in [0.5, 0.6) is 0 Å². The topological polar surface area (TPSA) is 464 Å². The van der Waals surface area contributed by atoms with Gasteiger partial charge in [0.05, 0.1) is 85.7 Å². The van der Waals surface area contributed by atoms with Gasteiger partial charge in [-0.15, -0.1) is 0 Å². The summed E-state index contributed by atoms with van der Waals surface area (Å²) in [7, 11) is 0. The van der Waals surface area contributed by atoms with E-state index in [-0.39, 0.29) is 166 Å². The first-order valence-electron chi connectivity index (χ1n) is 28.8. The number of rotatable bonds is 24. The highest BCUT2D eigenvalue weighted by atomic mass is 16.6. The normalized spacial score (nSPS) is 18.2.